The van der Waals surface area contributed by atoms with Crippen LogP contribution in [0.3, 0.4) is 0 Å². The summed E-state index contributed by atoms with van der Waals surface area (Å²) in [5, 5.41) is 2.25. The molecular formula is C13H12N2O. The summed E-state index contributed by atoms with van der Waals surface area (Å²) in [6.45, 7) is 2.67. The van der Waals surface area contributed by atoms with Crippen molar-refractivity contribution >= 4 is 21.8 Å². The molecule has 1 aromatic heterocycles. The van der Waals surface area contributed by atoms with Crippen LogP contribution in [0.5, 0.6) is 0 Å². The van der Waals surface area contributed by atoms with Gasteiger partial charge in [-0.3, -0.25) is 4.57 Å². The molecule has 0 saturated carbocycles. The second-order valence-electron chi connectivity index (χ2n) is 3.86. The maximum absolute atomic E-state index is 11.7. The minimum Gasteiger partial charge on any atom is -0.305 e. The van der Waals surface area contributed by atoms with Crippen LogP contribution in [0.4, 0.5) is 0 Å². The van der Waals surface area contributed by atoms with Crippen molar-refractivity contribution < 1.29 is 0 Å². The standard InChI is InChI=1S/C13H12N2O/c1-2-15-11-8-7-9-5-3-4-6-10(9)12(11)14-13(15)16/h3-8H,2H2,1H3,(H,14,16). The largest absolute Gasteiger partial charge is 0.326 e. The highest BCUT2D eigenvalue weighted by atomic mass is 16.1. The number of rotatable bonds is 1. The Morgan fingerprint density at radius 2 is 2.00 bits per heavy atom. The third kappa shape index (κ3) is 1.11. The molecule has 1 heterocycles. The average Bonchev–Trinajstić information content (AvgIpc) is 2.65. The van der Waals surface area contributed by atoms with Gasteiger partial charge < -0.3 is 4.98 Å². The summed E-state index contributed by atoms with van der Waals surface area (Å²) in [7, 11) is 0. The number of fused-ring (bicyclic) bond motifs is 3. The fourth-order valence-electron chi connectivity index (χ4n) is 2.21. The molecule has 0 amide bonds. The Labute approximate surface area is 92.3 Å². The molecule has 2 aromatic carbocycles. The van der Waals surface area contributed by atoms with Gasteiger partial charge >= 0.3 is 5.69 Å². The second kappa shape index (κ2) is 3.23. The number of H-pyrrole nitrogens is 1. The lowest BCUT2D eigenvalue weighted by molar-refractivity contribution is 0.753. The minimum absolute atomic E-state index is 0.0335. The molecule has 0 fully saturated rings. The summed E-state index contributed by atoms with van der Waals surface area (Å²) >= 11 is 0. The molecule has 16 heavy (non-hydrogen) atoms. The van der Waals surface area contributed by atoms with Crippen LogP contribution in [0.2, 0.25) is 0 Å². The summed E-state index contributed by atoms with van der Waals surface area (Å²) in [4.78, 5) is 14.6. The van der Waals surface area contributed by atoms with Crippen molar-refractivity contribution in [2.75, 3.05) is 0 Å². The van der Waals surface area contributed by atoms with E-state index in [-0.39, 0.29) is 5.69 Å². The van der Waals surface area contributed by atoms with Gasteiger partial charge in [-0.1, -0.05) is 30.3 Å². The summed E-state index contributed by atoms with van der Waals surface area (Å²) < 4.78 is 1.75. The number of hydrogen-bond acceptors (Lipinski definition) is 1. The van der Waals surface area contributed by atoms with Crippen molar-refractivity contribution in [1.29, 1.82) is 0 Å². The van der Waals surface area contributed by atoms with Crippen LogP contribution >= 0.6 is 0 Å². The molecule has 3 nitrogen and oxygen atoms in total. The Bertz CT molecular complexity index is 721. The number of nitrogens with zero attached hydrogens (tertiary/aromatic N) is 1. The topological polar surface area (TPSA) is 37.8 Å². The van der Waals surface area contributed by atoms with Crippen molar-refractivity contribution in [1.82, 2.24) is 9.55 Å². The van der Waals surface area contributed by atoms with Crippen LogP contribution < -0.4 is 5.69 Å². The second-order valence-corrected chi connectivity index (χ2v) is 3.86. The van der Waals surface area contributed by atoms with E-state index in [0.29, 0.717) is 6.54 Å². The van der Waals surface area contributed by atoms with Gasteiger partial charge in [-0.2, -0.15) is 0 Å². The van der Waals surface area contributed by atoms with Crippen LogP contribution in [0.1, 0.15) is 6.92 Å². The molecule has 3 aromatic rings. The van der Waals surface area contributed by atoms with Gasteiger partial charge in [0.25, 0.3) is 0 Å². The first-order chi connectivity index (χ1) is 7.81. The van der Waals surface area contributed by atoms with Gasteiger partial charge in [0.2, 0.25) is 0 Å². The van der Waals surface area contributed by atoms with Crippen molar-refractivity contribution in [3.8, 4) is 0 Å². The lowest BCUT2D eigenvalue weighted by Crippen LogP contribution is -2.14. The zero-order valence-electron chi connectivity index (χ0n) is 9.03. The van der Waals surface area contributed by atoms with E-state index < -0.39 is 0 Å². The zero-order valence-corrected chi connectivity index (χ0v) is 9.03. The summed E-state index contributed by atoms with van der Waals surface area (Å²) in [5.41, 5.74) is 1.88. The van der Waals surface area contributed by atoms with E-state index in [1.807, 2.05) is 31.2 Å². The molecular weight excluding hydrogens is 200 g/mol. The van der Waals surface area contributed by atoms with Crippen LogP contribution in [0.15, 0.2) is 41.2 Å². The molecule has 0 aliphatic rings. The average molecular weight is 212 g/mol. The molecule has 3 rings (SSSR count). The maximum atomic E-state index is 11.7. The number of benzene rings is 2. The fourth-order valence-corrected chi connectivity index (χ4v) is 2.21. The van der Waals surface area contributed by atoms with Crippen molar-refractivity contribution in [2.24, 2.45) is 0 Å². The Morgan fingerprint density at radius 1 is 1.19 bits per heavy atom. The molecule has 0 bridgehead atoms. The van der Waals surface area contributed by atoms with Crippen LogP contribution in [-0.4, -0.2) is 9.55 Å². The van der Waals surface area contributed by atoms with Gasteiger partial charge in [-0.25, -0.2) is 4.79 Å². The van der Waals surface area contributed by atoms with E-state index in [1.165, 1.54) is 0 Å². The Hall–Kier alpha value is -2.03. The van der Waals surface area contributed by atoms with E-state index in [0.717, 1.165) is 21.8 Å². The lowest BCUT2D eigenvalue weighted by atomic mass is 10.1. The monoisotopic (exact) mass is 212 g/mol. The Balaban J connectivity index is 2.57. The molecule has 0 atom stereocenters. The third-order valence-corrected chi connectivity index (χ3v) is 2.99. The first-order valence-corrected chi connectivity index (χ1v) is 5.41. The SMILES string of the molecule is CCn1c(=O)[nH]c2c3ccccc3ccc21. The van der Waals surface area contributed by atoms with Crippen LogP contribution in [0, 0.1) is 0 Å². The number of hydrogen-bond donors (Lipinski definition) is 1. The predicted molar refractivity (Wildman–Crippen MR) is 65.7 cm³/mol. The third-order valence-electron chi connectivity index (χ3n) is 2.99. The van der Waals surface area contributed by atoms with E-state index in [2.05, 4.69) is 17.1 Å². The Morgan fingerprint density at radius 3 is 2.81 bits per heavy atom. The molecule has 0 spiro atoms. The Kier molecular flexibility index (Phi) is 1.86. The highest BCUT2D eigenvalue weighted by molar-refractivity contribution is 6.04. The summed E-state index contributed by atoms with van der Waals surface area (Å²) in [6.07, 6.45) is 0. The lowest BCUT2D eigenvalue weighted by Gasteiger charge is -2.00. The van der Waals surface area contributed by atoms with E-state index in [1.54, 1.807) is 4.57 Å². The van der Waals surface area contributed by atoms with Gasteiger partial charge in [-0.15, -0.1) is 0 Å². The van der Waals surface area contributed by atoms with Gasteiger partial charge in [0.05, 0.1) is 11.0 Å². The number of aromatic nitrogens is 2. The predicted octanol–water partition coefficient (Wildman–Crippen LogP) is 2.50. The number of aryl methyl sites for hydroxylation is 1. The molecule has 1 N–H and O–H groups in total. The molecule has 3 heteroatoms. The quantitative estimate of drug-likeness (QED) is 0.661. The highest BCUT2D eigenvalue weighted by Crippen LogP contribution is 2.22. The van der Waals surface area contributed by atoms with Crippen LogP contribution in [0.25, 0.3) is 21.8 Å². The van der Waals surface area contributed by atoms with Crippen molar-refractivity contribution in [3.63, 3.8) is 0 Å². The fraction of sp³-hybridized carbons (Fsp3) is 0.154. The van der Waals surface area contributed by atoms with Gasteiger partial charge in [-0.05, 0) is 18.4 Å². The number of aromatic amines is 1. The van der Waals surface area contributed by atoms with E-state index in [9.17, 15) is 4.79 Å². The van der Waals surface area contributed by atoms with E-state index >= 15 is 0 Å². The van der Waals surface area contributed by atoms with Gasteiger partial charge in [0.15, 0.2) is 0 Å². The number of imidazole rings is 1. The van der Waals surface area contributed by atoms with Gasteiger partial charge in [0.1, 0.15) is 0 Å². The molecule has 0 aliphatic heterocycles. The first kappa shape index (κ1) is 9.21. The summed E-state index contributed by atoms with van der Waals surface area (Å²) in [6, 6.07) is 12.1. The molecule has 0 radical (unpaired) electrons. The smallest absolute Gasteiger partial charge is 0.305 e. The minimum atomic E-state index is -0.0335. The highest BCUT2D eigenvalue weighted by Gasteiger charge is 2.07. The first-order valence-electron chi connectivity index (χ1n) is 5.41. The molecule has 0 aliphatic carbocycles. The molecule has 0 saturated heterocycles. The van der Waals surface area contributed by atoms with Crippen LogP contribution in [-0.2, 0) is 6.54 Å². The normalized spacial score (nSPS) is 11.3. The molecule has 80 valence electrons. The van der Waals surface area contributed by atoms with E-state index in [4.69, 9.17) is 0 Å². The van der Waals surface area contributed by atoms with Crippen molar-refractivity contribution in [2.45, 2.75) is 13.5 Å². The van der Waals surface area contributed by atoms with Gasteiger partial charge in [0, 0.05) is 11.9 Å². The van der Waals surface area contributed by atoms with Crippen molar-refractivity contribution in [3.05, 3.63) is 46.9 Å². The zero-order chi connectivity index (χ0) is 11.1. The number of nitrogens with one attached hydrogen (secondary N) is 1. The molecule has 0 unspecified atom stereocenters. The maximum Gasteiger partial charge on any atom is 0.326 e. The summed E-state index contributed by atoms with van der Waals surface area (Å²) in [5.74, 6) is 0.